The van der Waals surface area contributed by atoms with Crippen molar-refractivity contribution in [1.29, 1.82) is 0 Å². The van der Waals surface area contributed by atoms with Gasteiger partial charge in [0, 0.05) is 18.5 Å². The maximum Gasteiger partial charge on any atom is 0.222 e. The second-order valence-corrected chi connectivity index (χ2v) is 11.1. The topological polar surface area (TPSA) is 80.9 Å². The van der Waals surface area contributed by atoms with Crippen LogP contribution in [0.15, 0.2) is 73.1 Å². The molecule has 0 spiro atoms. The molecule has 1 amide bonds. The number of hydrogen-bond acceptors (Lipinski definition) is 4. The Morgan fingerprint density at radius 2 is 1.54 bits per heavy atom. The number of benzene rings is 3. The Morgan fingerprint density at radius 3 is 2.24 bits per heavy atom. The van der Waals surface area contributed by atoms with Crippen LogP contribution in [0.25, 0.3) is 44.4 Å². The average Bonchev–Trinajstić information content (AvgIpc) is 3.77. The highest BCUT2D eigenvalue weighted by Crippen LogP contribution is 2.32. The number of carbonyl (C=O) groups is 1. The number of rotatable bonds is 9. The number of nitrogens with zero attached hydrogens (tertiary/aromatic N) is 4. The van der Waals surface area contributed by atoms with Crippen LogP contribution in [-0.2, 0) is 11.3 Å². The van der Waals surface area contributed by atoms with Crippen molar-refractivity contribution in [3.8, 4) is 33.6 Å². The van der Waals surface area contributed by atoms with E-state index in [2.05, 4.69) is 99.5 Å². The van der Waals surface area contributed by atoms with Crippen LogP contribution in [-0.4, -0.2) is 55.8 Å². The van der Waals surface area contributed by atoms with Gasteiger partial charge in [-0.05, 0) is 72.5 Å². The number of hydrogen-bond donors (Lipinski definition) is 2. The number of fused-ring (bicyclic) bond motifs is 1. The van der Waals surface area contributed by atoms with Crippen molar-refractivity contribution in [1.82, 2.24) is 29.7 Å². The van der Waals surface area contributed by atoms with Crippen LogP contribution < -0.4 is 0 Å². The highest BCUT2D eigenvalue weighted by Gasteiger charge is 2.25. The molecule has 0 aliphatic carbocycles. The van der Waals surface area contributed by atoms with Crippen molar-refractivity contribution in [2.24, 2.45) is 0 Å². The SMILES string of the molecule is CCCN(Cc1ncc(-c2ccc3cc(-c4ccc(-c5cnc(C6CCCN6C)[nH]5)cc4)ccc3c2)[nH]1)C(=O)CC. The van der Waals surface area contributed by atoms with E-state index in [-0.39, 0.29) is 5.91 Å². The van der Waals surface area contributed by atoms with Gasteiger partial charge in [0.15, 0.2) is 0 Å². The van der Waals surface area contributed by atoms with E-state index in [1.165, 1.54) is 28.3 Å². The molecule has 1 unspecified atom stereocenters. The third-order valence-corrected chi connectivity index (χ3v) is 8.23. The third kappa shape index (κ3) is 5.68. The lowest BCUT2D eigenvalue weighted by atomic mass is 9.98. The van der Waals surface area contributed by atoms with E-state index in [1.807, 2.05) is 24.2 Å². The smallest absolute Gasteiger partial charge is 0.222 e. The highest BCUT2D eigenvalue weighted by molar-refractivity contribution is 5.90. The average molecular weight is 547 g/mol. The number of amides is 1. The van der Waals surface area contributed by atoms with Gasteiger partial charge in [0.1, 0.15) is 11.6 Å². The van der Waals surface area contributed by atoms with Crippen LogP contribution in [0.4, 0.5) is 0 Å². The fourth-order valence-corrected chi connectivity index (χ4v) is 5.90. The predicted octanol–water partition coefficient (Wildman–Crippen LogP) is 7.20. The number of carbonyl (C=O) groups excluding carboxylic acids is 1. The third-order valence-electron chi connectivity index (χ3n) is 8.23. The number of H-pyrrole nitrogens is 2. The molecule has 2 N–H and O–H groups in total. The Balaban J connectivity index is 1.17. The first-order chi connectivity index (χ1) is 20.0. The van der Waals surface area contributed by atoms with Crippen LogP contribution >= 0.6 is 0 Å². The van der Waals surface area contributed by atoms with E-state index < -0.39 is 0 Å². The summed E-state index contributed by atoms with van der Waals surface area (Å²) in [6.07, 6.45) is 7.64. The largest absolute Gasteiger partial charge is 0.341 e. The van der Waals surface area contributed by atoms with Gasteiger partial charge in [-0.3, -0.25) is 9.69 Å². The molecule has 6 rings (SSSR count). The van der Waals surface area contributed by atoms with E-state index in [0.717, 1.165) is 60.1 Å². The zero-order valence-electron chi connectivity index (χ0n) is 24.2. The molecule has 0 bridgehead atoms. The van der Waals surface area contributed by atoms with Gasteiger partial charge < -0.3 is 14.9 Å². The second-order valence-electron chi connectivity index (χ2n) is 11.1. The molecule has 1 fully saturated rings. The minimum atomic E-state index is 0.156. The molecule has 3 heterocycles. The van der Waals surface area contributed by atoms with Gasteiger partial charge in [0.25, 0.3) is 0 Å². The van der Waals surface area contributed by atoms with Crippen molar-refractivity contribution < 1.29 is 4.79 Å². The summed E-state index contributed by atoms with van der Waals surface area (Å²) in [5.74, 6) is 2.03. The van der Waals surface area contributed by atoms with E-state index in [0.29, 0.717) is 19.0 Å². The molecule has 0 radical (unpaired) electrons. The Labute approximate surface area is 241 Å². The summed E-state index contributed by atoms with van der Waals surface area (Å²) in [6, 6.07) is 22.2. The number of aromatic nitrogens is 4. The van der Waals surface area contributed by atoms with Gasteiger partial charge in [0.05, 0.1) is 36.4 Å². The Kier molecular flexibility index (Phi) is 7.70. The lowest BCUT2D eigenvalue weighted by Gasteiger charge is -2.20. The molecule has 0 saturated carbocycles. The lowest BCUT2D eigenvalue weighted by molar-refractivity contribution is -0.131. The van der Waals surface area contributed by atoms with Crippen molar-refractivity contribution in [2.75, 3.05) is 20.1 Å². The Bertz CT molecular complexity index is 1650. The fraction of sp³-hybridized carbons (Fsp3) is 0.324. The number of likely N-dealkylation sites (tertiary alicyclic amines) is 1. The summed E-state index contributed by atoms with van der Waals surface area (Å²) < 4.78 is 0. The predicted molar refractivity (Wildman–Crippen MR) is 165 cm³/mol. The molecule has 7 heteroatoms. The molecule has 41 heavy (non-hydrogen) atoms. The zero-order chi connectivity index (χ0) is 28.3. The molecule has 7 nitrogen and oxygen atoms in total. The van der Waals surface area contributed by atoms with Crippen molar-refractivity contribution >= 4 is 16.7 Å². The Hall–Kier alpha value is -4.23. The molecule has 210 valence electrons. The molecular formula is C34H38N6O. The van der Waals surface area contributed by atoms with Crippen LogP contribution in [0, 0.1) is 0 Å². The van der Waals surface area contributed by atoms with Gasteiger partial charge in [-0.2, -0.15) is 0 Å². The van der Waals surface area contributed by atoms with Crippen molar-refractivity contribution in [3.05, 3.63) is 84.7 Å². The van der Waals surface area contributed by atoms with E-state index >= 15 is 0 Å². The van der Waals surface area contributed by atoms with E-state index in [9.17, 15) is 4.79 Å². The monoisotopic (exact) mass is 546 g/mol. The van der Waals surface area contributed by atoms with Gasteiger partial charge in [0.2, 0.25) is 5.91 Å². The highest BCUT2D eigenvalue weighted by atomic mass is 16.2. The standard InChI is InChI=1S/C34H38N6O/c1-4-16-40(33(41)5-2)22-32-35-20-30(37-32)28-15-14-26-18-25(12-13-27(26)19-28)23-8-10-24(11-9-23)29-21-36-34(38-29)31-7-6-17-39(31)3/h8-15,18-21,31H,4-7,16-17,22H2,1-3H3,(H,35,37)(H,36,38). The quantitative estimate of drug-likeness (QED) is 0.205. The molecule has 1 aliphatic rings. The van der Waals surface area contributed by atoms with Gasteiger partial charge >= 0.3 is 0 Å². The number of nitrogens with one attached hydrogen (secondary N) is 2. The second kappa shape index (κ2) is 11.7. The zero-order valence-corrected chi connectivity index (χ0v) is 24.2. The first kappa shape index (κ1) is 27.0. The summed E-state index contributed by atoms with van der Waals surface area (Å²) >= 11 is 0. The lowest BCUT2D eigenvalue weighted by Crippen LogP contribution is -2.31. The molecule has 3 aromatic carbocycles. The van der Waals surface area contributed by atoms with Gasteiger partial charge in [-0.1, -0.05) is 62.4 Å². The maximum absolute atomic E-state index is 12.3. The summed E-state index contributed by atoms with van der Waals surface area (Å²) in [6.45, 7) is 6.37. The Morgan fingerprint density at radius 1 is 0.878 bits per heavy atom. The molecule has 1 saturated heterocycles. The molecule has 1 aliphatic heterocycles. The van der Waals surface area contributed by atoms with Crippen LogP contribution in [0.5, 0.6) is 0 Å². The molecule has 2 aromatic heterocycles. The van der Waals surface area contributed by atoms with Gasteiger partial charge in [-0.15, -0.1) is 0 Å². The number of imidazole rings is 2. The molecular weight excluding hydrogens is 508 g/mol. The van der Waals surface area contributed by atoms with Crippen LogP contribution in [0.2, 0.25) is 0 Å². The van der Waals surface area contributed by atoms with Crippen molar-refractivity contribution in [2.45, 2.75) is 52.1 Å². The summed E-state index contributed by atoms with van der Waals surface area (Å²) in [5.41, 5.74) is 6.63. The summed E-state index contributed by atoms with van der Waals surface area (Å²) in [4.78, 5) is 32.7. The molecule has 1 atom stereocenters. The summed E-state index contributed by atoms with van der Waals surface area (Å²) in [7, 11) is 2.17. The van der Waals surface area contributed by atoms with E-state index in [1.54, 1.807) is 0 Å². The normalized spacial score (nSPS) is 15.5. The summed E-state index contributed by atoms with van der Waals surface area (Å²) in [5, 5.41) is 2.37. The first-order valence-electron chi connectivity index (χ1n) is 14.7. The van der Waals surface area contributed by atoms with Gasteiger partial charge in [-0.25, -0.2) is 9.97 Å². The number of aromatic amines is 2. The minimum Gasteiger partial charge on any atom is -0.341 e. The van der Waals surface area contributed by atoms with Crippen LogP contribution in [0.1, 0.15) is 57.2 Å². The van der Waals surface area contributed by atoms with Crippen molar-refractivity contribution in [3.63, 3.8) is 0 Å². The fourth-order valence-electron chi connectivity index (χ4n) is 5.90. The first-order valence-corrected chi connectivity index (χ1v) is 14.7. The molecule has 5 aromatic rings. The van der Waals surface area contributed by atoms with E-state index in [4.69, 9.17) is 0 Å². The minimum absolute atomic E-state index is 0.156. The maximum atomic E-state index is 12.3. The van der Waals surface area contributed by atoms with Crippen LogP contribution in [0.3, 0.4) is 0 Å².